The van der Waals surface area contributed by atoms with Crippen LogP contribution in [-0.2, 0) is 0 Å². The Hall–Kier alpha value is -1.09. The molecule has 1 aliphatic rings. The van der Waals surface area contributed by atoms with Gasteiger partial charge in [-0.2, -0.15) is 0 Å². The van der Waals surface area contributed by atoms with Crippen LogP contribution in [0.4, 0.5) is 4.39 Å². The summed E-state index contributed by atoms with van der Waals surface area (Å²) in [5.74, 6) is 1.18. The molecule has 1 aliphatic heterocycles. The van der Waals surface area contributed by atoms with Crippen molar-refractivity contribution in [2.45, 2.75) is 19.8 Å². The van der Waals surface area contributed by atoms with E-state index in [1.807, 2.05) is 0 Å². The van der Waals surface area contributed by atoms with Gasteiger partial charge in [-0.25, -0.2) is 4.39 Å². The van der Waals surface area contributed by atoms with Gasteiger partial charge in [0.1, 0.15) is 11.6 Å². The van der Waals surface area contributed by atoms with Gasteiger partial charge in [0.25, 0.3) is 0 Å². The highest BCUT2D eigenvalue weighted by Crippen LogP contribution is 2.18. The molecule has 1 N–H and O–H groups in total. The molecule has 1 aromatic rings. The van der Waals surface area contributed by atoms with Crippen LogP contribution in [0.2, 0.25) is 0 Å². The molecule has 0 radical (unpaired) electrons. The van der Waals surface area contributed by atoms with Crippen LogP contribution in [0, 0.1) is 18.7 Å². The van der Waals surface area contributed by atoms with Crippen molar-refractivity contribution < 1.29 is 9.13 Å². The molecule has 1 atom stereocenters. The Balaban J connectivity index is 1.86. The van der Waals surface area contributed by atoms with E-state index >= 15 is 0 Å². The predicted octanol–water partition coefficient (Wildman–Crippen LogP) is 2.51. The molecule has 0 spiro atoms. The third-order valence-corrected chi connectivity index (χ3v) is 3.01. The highest BCUT2D eigenvalue weighted by atomic mass is 19.1. The topological polar surface area (TPSA) is 21.3 Å². The Morgan fingerprint density at radius 3 is 3.06 bits per heavy atom. The standard InChI is InChI=1S/C13H18FNO/c1-10-7-12(4-5-13(10)14)16-9-11-3-2-6-15-8-11/h4-5,7,11,15H,2-3,6,8-9H2,1H3/t11-/m1/s1. The third-order valence-electron chi connectivity index (χ3n) is 3.01. The zero-order valence-corrected chi connectivity index (χ0v) is 9.63. The molecule has 1 saturated heterocycles. The van der Waals surface area contributed by atoms with Gasteiger partial charge < -0.3 is 10.1 Å². The lowest BCUT2D eigenvalue weighted by molar-refractivity contribution is 0.218. The lowest BCUT2D eigenvalue weighted by atomic mass is 10.0. The number of hydrogen-bond donors (Lipinski definition) is 1. The summed E-state index contributed by atoms with van der Waals surface area (Å²) in [4.78, 5) is 0. The van der Waals surface area contributed by atoms with Gasteiger partial charge in [-0.15, -0.1) is 0 Å². The second-order valence-corrected chi connectivity index (χ2v) is 4.43. The summed E-state index contributed by atoms with van der Waals surface area (Å²) in [5.41, 5.74) is 0.638. The lowest BCUT2D eigenvalue weighted by Gasteiger charge is -2.22. The van der Waals surface area contributed by atoms with Gasteiger partial charge in [-0.1, -0.05) is 0 Å². The zero-order chi connectivity index (χ0) is 11.4. The average Bonchev–Trinajstić information content (AvgIpc) is 2.32. The Kier molecular flexibility index (Phi) is 3.78. The monoisotopic (exact) mass is 223 g/mol. The second kappa shape index (κ2) is 5.30. The van der Waals surface area contributed by atoms with E-state index in [0.717, 1.165) is 25.4 Å². The van der Waals surface area contributed by atoms with E-state index in [0.29, 0.717) is 11.5 Å². The molecule has 0 amide bonds. The smallest absolute Gasteiger partial charge is 0.126 e. The maximum absolute atomic E-state index is 13.0. The maximum atomic E-state index is 13.0. The van der Waals surface area contributed by atoms with Crippen LogP contribution in [0.25, 0.3) is 0 Å². The number of rotatable bonds is 3. The van der Waals surface area contributed by atoms with Crippen molar-refractivity contribution >= 4 is 0 Å². The number of aryl methyl sites for hydroxylation is 1. The molecule has 3 heteroatoms. The lowest BCUT2D eigenvalue weighted by Crippen LogP contribution is -2.33. The number of halogens is 1. The maximum Gasteiger partial charge on any atom is 0.126 e. The SMILES string of the molecule is Cc1cc(OC[C@@H]2CCCNC2)ccc1F. The van der Waals surface area contributed by atoms with E-state index in [9.17, 15) is 4.39 Å². The molecule has 16 heavy (non-hydrogen) atoms. The van der Waals surface area contributed by atoms with Crippen molar-refractivity contribution in [2.75, 3.05) is 19.7 Å². The van der Waals surface area contributed by atoms with Crippen molar-refractivity contribution in [2.24, 2.45) is 5.92 Å². The van der Waals surface area contributed by atoms with Gasteiger partial charge in [-0.05, 0) is 50.1 Å². The summed E-state index contributed by atoms with van der Waals surface area (Å²) in [5, 5.41) is 3.35. The number of benzene rings is 1. The summed E-state index contributed by atoms with van der Waals surface area (Å²) >= 11 is 0. The van der Waals surface area contributed by atoms with Crippen LogP contribution in [-0.4, -0.2) is 19.7 Å². The van der Waals surface area contributed by atoms with Crippen LogP contribution in [0.15, 0.2) is 18.2 Å². The Bertz CT molecular complexity index is 348. The number of ether oxygens (including phenoxy) is 1. The molecule has 2 rings (SSSR count). The second-order valence-electron chi connectivity index (χ2n) is 4.43. The minimum absolute atomic E-state index is 0.174. The van der Waals surface area contributed by atoms with Gasteiger partial charge in [-0.3, -0.25) is 0 Å². The minimum Gasteiger partial charge on any atom is -0.493 e. The van der Waals surface area contributed by atoms with Crippen molar-refractivity contribution in [3.05, 3.63) is 29.6 Å². The van der Waals surface area contributed by atoms with Crippen molar-refractivity contribution in [3.8, 4) is 5.75 Å². The van der Waals surface area contributed by atoms with Crippen LogP contribution < -0.4 is 10.1 Å². The Labute approximate surface area is 95.8 Å². The number of nitrogens with one attached hydrogen (secondary N) is 1. The molecule has 1 aromatic carbocycles. The fourth-order valence-corrected chi connectivity index (χ4v) is 1.99. The average molecular weight is 223 g/mol. The molecule has 1 heterocycles. The highest BCUT2D eigenvalue weighted by Gasteiger charge is 2.13. The zero-order valence-electron chi connectivity index (χ0n) is 9.63. The molecule has 0 aromatic heterocycles. The molecule has 88 valence electrons. The van der Waals surface area contributed by atoms with E-state index in [1.165, 1.54) is 18.9 Å². The van der Waals surface area contributed by atoms with Crippen molar-refractivity contribution in [3.63, 3.8) is 0 Å². The van der Waals surface area contributed by atoms with Gasteiger partial charge in [0.05, 0.1) is 6.61 Å². The van der Waals surface area contributed by atoms with Crippen LogP contribution in [0.5, 0.6) is 5.75 Å². The molecular formula is C13H18FNO. The first kappa shape index (κ1) is 11.4. The summed E-state index contributed by atoms with van der Waals surface area (Å²) in [6.07, 6.45) is 2.43. The van der Waals surface area contributed by atoms with Crippen LogP contribution in [0.1, 0.15) is 18.4 Å². The van der Waals surface area contributed by atoms with Crippen LogP contribution in [0.3, 0.4) is 0 Å². The van der Waals surface area contributed by atoms with Crippen molar-refractivity contribution in [1.29, 1.82) is 0 Å². The van der Waals surface area contributed by atoms with E-state index in [-0.39, 0.29) is 5.82 Å². The highest BCUT2D eigenvalue weighted by molar-refractivity contribution is 5.28. The summed E-state index contributed by atoms with van der Waals surface area (Å²) in [7, 11) is 0. The summed E-state index contributed by atoms with van der Waals surface area (Å²) < 4.78 is 18.7. The minimum atomic E-state index is -0.174. The van der Waals surface area contributed by atoms with Gasteiger partial charge in [0.2, 0.25) is 0 Å². The first-order chi connectivity index (χ1) is 7.75. The summed E-state index contributed by atoms with van der Waals surface area (Å²) in [6.45, 7) is 4.62. The van der Waals surface area contributed by atoms with Crippen LogP contribution >= 0.6 is 0 Å². The fourth-order valence-electron chi connectivity index (χ4n) is 1.99. The van der Waals surface area contributed by atoms with E-state index in [2.05, 4.69) is 5.32 Å². The van der Waals surface area contributed by atoms with Gasteiger partial charge in [0, 0.05) is 12.5 Å². The number of piperidine rings is 1. The molecule has 0 bridgehead atoms. The normalized spacial score (nSPS) is 20.8. The van der Waals surface area contributed by atoms with Crippen molar-refractivity contribution in [1.82, 2.24) is 5.32 Å². The summed E-state index contributed by atoms with van der Waals surface area (Å²) in [6, 6.07) is 4.91. The molecule has 0 saturated carbocycles. The first-order valence-electron chi connectivity index (χ1n) is 5.85. The first-order valence-corrected chi connectivity index (χ1v) is 5.85. The molecule has 2 nitrogen and oxygen atoms in total. The number of hydrogen-bond acceptors (Lipinski definition) is 2. The van der Waals surface area contributed by atoms with Gasteiger partial charge >= 0.3 is 0 Å². The molecule has 0 unspecified atom stereocenters. The predicted molar refractivity (Wildman–Crippen MR) is 62.2 cm³/mol. The Morgan fingerprint density at radius 1 is 1.50 bits per heavy atom. The molecular weight excluding hydrogens is 205 g/mol. The van der Waals surface area contributed by atoms with E-state index < -0.39 is 0 Å². The largest absolute Gasteiger partial charge is 0.493 e. The fraction of sp³-hybridized carbons (Fsp3) is 0.538. The van der Waals surface area contributed by atoms with Gasteiger partial charge in [0.15, 0.2) is 0 Å². The molecule has 1 fully saturated rings. The third kappa shape index (κ3) is 2.95. The quantitative estimate of drug-likeness (QED) is 0.850. The van der Waals surface area contributed by atoms with E-state index in [1.54, 1.807) is 19.1 Å². The van der Waals surface area contributed by atoms with E-state index in [4.69, 9.17) is 4.74 Å². The molecule has 0 aliphatic carbocycles. The Morgan fingerprint density at radius 2 is 2.38 bits per heavy atom.